The molecule has 0 bridgehead atoms. The van der Waals surface area contributed by atoms with Crippen molar-refractivity contribution in [3.05, 3.63) is 35.4 Å². The fourth-order valence-electron chi connectivity index (χ4n) is 2.82. The van der Waals surface area contributed by atoms with Crippen LogP contribution in [-0.4, -0.2) is 49.9 Å². The Kier molecular flexibility index (Phi) is 3.72. The van der Waals surface area contributed by atoms with Gasteiger partial charge >= 0.3 is 0 Å². The van der Waals surface area contributed by atoms with Crippen molar-refractivity contribution in [2.75, 3.05) is 26.9 Å². The van der Waals surface area contributed by atoms with Gasteiger partial charge in [0, 0.05) is 7.05 Å². The van der Waals surface area contributed by atoms with Crippen LogP contribution in [0.5, 0.6) is 0 Å². The summed E-state index contributed by atoms with van der Waals surface area (Å²) in [6.45, 7) is 0.823. The van der Waals surface area contributed by atoms with Crippen molar-refractivity contribution in [1.29, 1.82) is 0 Å². The first-order valence-corrected chi connectivity index (χ1v) is 6.86. The van der Waals surface area contributed by atoms with E-state index in [0.717, 1.165) is 17.5 Å². The molecule has 2 aliphatic rings. The molecule has 4 nitrogen and oxygen atoms in total. The number of halogens is 1. The number of amides is 1. The lowest BCUT2D eigenvalue weighted by Gasteiger charge is -2.32. The number of rotatable bonds is 2. The average Bonchev–Trinajstić information content (AvgIpc) is 2.91. The van der Waals surface area contributed by atoms with Gasteiger partial charge < -0.3 is 14.4 Å². The molecular weight excluding hydrogens is 261 g/mol. The first-order valence-electron chi connectivity index (χ1n) is 6.86. The van der Waals surface area contributed by atoms with Gasteiger partial charge in [0.2, 0.25) is 0 Å². The van der Waals surface area contributed by atoms with Crippen LogP contribution in [0, 0.1) is 0 Å². The van der Waals surface area contributed by atoms with Crippen molar-refractivity contribution in [1.82, 2.24) is 4.90 Å². The number of hydrogen-bond donors (Lipinski definition) is 0. The summed E-state index contributed by atoms with van der Waals surface area (Å²) in [7, 11) is 1.62. The number of carbonyl (C=O) groups is 1. The molecule has 1 fully saturated rings. The van der Waals surface area contributed by atoms with Crippen molar-refractivity contribution in [3.63, 3.8) is 0 Å². The summed E-state index contributed by atoms with van der Waals surface area (Å²) >= 11 is 0. The minimum Gasteiger partial charge on any atom is -0.376 e. The van der Waals surface area contributed by atoms with Crippen LogP contribution in [0.2, 0.25) is 0 Å². The quantitative estimate of drug-likeness (QED) is 0.823. The molecule has 3 rings (SSSR count). The topological polar surface area (TPSA) is 38.8 Å². The van der Waals surface area contributed by atoms with Gasteiger partial charge in [0.05, 0.1) is 25.9 Å². The van der Waals surface area contributed by atoms with Crippen LogP contribution in [0.25, 0.3) is 0 Å². The summed E-state index contributed by atoms with van der Waals surface area (Å²) in [5, 5.41) is 0. The summed E-state index contributed by atoms with van der Waals surface area (Å²) in [5.74, 6) is -0.199. The largest absolute Gasteiger partial charge is 0.376 e. The third kappa shape index (κ3) is 2.31. The van der Waals surface area contributed by atoms with Crippen molar-refractivity contribution >= 4 is 5.91 Å². The van der Waals surface area contributed by atoms with Gasteiger partial charge in [-0.1, -0.05) is 24.3 Å². The normalized spacial score (nSPS) is 29.0. The Morgan fingerprint density at radius 2 is 2.15 bits per heavy atom. The summed E-state index contributed by atoms with van der Waals surface area (Å²) in [4.78, 5) is 14.0. The van der Waals surface area contributed by atoms with Crippen molar-refractivity contribution in [2.45, 2.75) is 24.7 Å². The number of hydrogen-bond acceptors (Lipinski definition) is 3. The van der Waals surface area contributed by atoms with E-state index >= 15 is 0 Å². The van der Waals surface area contributed by atoms with Gasteiger partial charge in [0.1, 0.15) is 6.17 Å². The molecular formula is C15H18FNO3. The van der Waals surface area contributed by atoms with Gasteiger partial charge in [-0.3, -0.25) is 4.79 Å². The highest BCUT2D eigenvalue weighted by molar-refractivity contribution is 5.83. The Labute approximate surface area is 117 Å². The standard InChI is InChI=1S/C15H18FNO3/c1-17(13-9-19-8-12(13)16)15(18)14-11-5-3-2-4-10(11)6-7-20-14/h2-5,12-14H,6-9H2,1H3. The number of nitrogens with zero attached hydrogens (tertiary/aromatic N) is 1. The van der Waals surface area contributed by atoms with E-state index in [-0.39, 0.29) is 19.1 Å². The Bertz CT molecular complexity index is 508. The van der Waals surface area contributed by atoms with E-state index in [1.54, 1.807) is 7.05 Å². The molecule has 0 aliphatic carbocycles. The summed E-state index contributed by atoms with van der Waals surface area (Å²) < 4.78 is 24.4. The van der Waals surface area contributed by atoms with Crippen LogP contribution in [0.4, 0.5) is 4.39 Å². The van der Waals surface area contributed by atoms with E-state index in [1.807, 2.05) is 24.3 Å². The van der Waals surface area contributed by atoms with E-state index in [1.165, 1.54) is 4.90 Å². The molecule has 3 atom stereocenters. The zero-order valence-corrected chi connectivity index (χ0v) is 11.4. The second kappa shape index (κ2) is 5.50. The molecule has 1 amide bonds. The van der Waals surface area contributed by atoms with E-state index in [0.29, 0.717) is 6.61 Å². The minimum atomic E-state index is -1.12. The SMILES string of the molecule is CN(C(=O)C1OCCc2ccccc21)C1COCC1F. The third-order valence-electron chi connectivity index (χ3n) is 4.05. The molecule has 2 heterocycles. The first-order chi connectivity index (χ1) is 9.68. The molecule has 1 aromatic carbocycles. The molecule has 1 aromatic rings. The number of ether oxygens (including phenoxy) is 2. The van der Waals surface area contributed by atoms with Gasteiger partial charge in [-0.25, -0.2) is 4.39 Å². The monoisotopic (exact) mass is 279 g/mol. The number of fused-ring (bicyclic) bond motifs is 1. The molecule has 20 heavy (non-hydrogen) atoms. The molecule has 108 valence electrons. The Morgan fingerprint density at radius 1 is 1.35 bits per heavy atom. The van der Waals surface area contributed by atoms with Gasteiger partial charge in [0.25, 0.3) is 5.91 Å². The molecule has 5 heteroatoms. The number of likely N-dealkylation sites (N-methyl/N-ethyl adjacent to an activating group) is 1. The van der Waals surface area contributed by atoms with Crippen LogP contribution < -0.4 is 0 Å². The van der Waals surface area contributed by atoms with Crippen molar-refractivity contribution in [2.24, 2.45) is 0 Å². The highest BCUT2D eigenvalue weighted by Gasteiger charge is 2.38. The second-order valence-corrected chi connectivity index (χ2v) is 5.27. The molecule has 0 radical (unpaired) electrons. The predicted octanol–water partition coefficient (Wildman–Crippen LogP) is 1.50. The number of alkyl halides is 1. The Hall–Kier alpha value is -1.46. The molecule has 1 saturated heterocycles. The van der Waals surface area contributed by atoms with Crippen LogP contribution >= 0.6 is 0 Å². The second-order valence-electron chi connectivity index (χ2n) is 5.27. The zero-order chi connectivity index (χ0) is 14.1. The molecule has 0 spiro atoms. The number of benzene rings is 1. The van der Waals surface area contributed by atoms with E-state index in [9.17, 15) is 9.18 Å². The third-order valence-corrected chi connectivity index (χ3v) is 4.05. The van der Waals surface area contributed by atoms with Gasteiger partial charge in [0.15, 0.2) is 6.10 Å². The molecule has 3 unspecified atom stereocenters. The van der Waals surface area contributed by atoms with Gasteiger partial charge in [-0.15, -0.1) is 0 Å². The summed E-state index contributed by atoms with van der Waals surface area (Å²) in [6.07, 6.45) is -0.942. The van der Waals surface area contributed by atoms with E-state index in [2.05, 4.69) is 0 Å². The van der Waals surface area contributed by atoms with Crippen LogP contribution in [0.15, 0.2) is 24.3 Å². The molecule has 0 N–H and O–H groups in total. The average molecular weight is 279 g/mol. The predicted molar refractivity (Wildman–Crippen MR) is 71.1 cm³/mol. The lowest BCUT2D eigenvalue weighted by Crippen LogP contribution is -2.45. The minimum absolute atomic E-state index is 0.0599. The Balaban J connectivity index is 1.81. The van der Waals surface area contributed by atoms with E-state index in [4.69, 9.17) is 9.47 Å². The lowest BCUT2D eigenvalue weighted by atomic mass is 9.96. The smallest absolute Gasteiger partial charge is 0.256 e. The van der Waals surface area contributed by atoms with Crippen LogP contribution in [-0.2, 0) is 20.7 Å². The molecule has 0 aromatic heterocycles. The highest BCUT2D eigenvalue weighted by atomic mass is 19.1. The highest BCUT2D eigenvalue weighted by Crippen LogP contribution is 2.29. The van der Waals surface area contributed by atoms with E-state index < -0.39 is 18.3 Å². The zero-order valence-electron chi connectivity index (χ0n) is 11.4. The summed E-state index contributed by atoms with van der Waals surface area (Å²) in [6, 6.07) is 7.25. The lowest BCUT2D eigenvalue weighted by molar-refractivity contribution is -0.146. The maximum atomic E-state index is 13.7. The van der Waals surface area contributed by atoms with Gasteiger partial charge in [-0.2, -0.15) is 0 Å². The first kappa shape index (κ1) is 13.5. The fourth-order valence-corrected chi connectivity index (χ4v) is 2.82. The van der Waals surface area contributed by atoms with Crippen molar-refractivity contribution in [3.8, 4) is 0 Å². The fraction of sp³-hybridized carbons (Fsp3) is 0.533. The van der Waals surface area contributed by atoms with Crippen LogP contribution in [0.1, 0.15) is 17.2 Å². The Morgan fingerprint density at radius 3 is 2.90 bits per heavy atom. The van der Waals surface area contributed by atoms with Crippen LogP contribution in [0.3, 0.4) is 0 Å². The van der Waals surface area contributed by atoms with Crippen molar-refractivity contribution < 1.29 is 18.7 Å². The molecule has 0 saturated carbocycles. The maximum Gasteiger partial charge on any atom is 0.256 e. The molecule has 2 aliphatic heterocycles. The number of carbonyl (C=O) groups excluding carboxylic acids is 1. The summed E-state index contributed by atoms with van der Waals surface area (Å²) in [5.41, 5.74) is 2.02. The maximum absolute atomic E-state index is 13.7. The van der Waals surface area contributed by atoms with Gasteiger partial charge in [-0.05, 0) is 17.5 Å².